The summed E-state index contributed by atoms with van der Waals surface area (Å²) >= 11 is 0. The van der Waals surface area contributed by atoms with Crippen LogP contribution in [0.1, 0.15) is 65.1 Å². The molecular weight excluding hydrogens is 224 g/mol. The molecule has 1 saturated heterocycles. The zero-order valence-corrected chi connectivity index (χ0v) is 12.3. The fraction of sp³-hybridized carbons (Fsp3) is 0.857. The van der Waals surface area contributed by atoms with E-state index in [9.17, 15) is 0 Å². The van der Waals surface area contributed by atoms with E-state index in [1.54, 1.807) is 0 Å². The highest BCUT2D eigenvalue weighted by Gasteiger charge is 2.28. The molecule has 18 heavy (non-hydrogen) atoms. The molecule has 4 nitrogen and oxygen atoms in total. The maximum absolute atomic E-state index is 4.30. The van der Waals surface area contributed by atoms with E-state index in [2.05, 4.69) is 60.7 Å². The van der Waals surface area contributed by atoms with E-state index in [0.29, 0.717) is 12.0 Å². The highest BCUT2D eigenvalue weighted by Crippen LogP contribution is 2.27. The predicted molar refractivity (Wildman–Crippen MR) is 73.7 cm³/mol. The molecule has 1 aliphatic heterocycles. The standard InChI is InChI=1S/C14H26N4/c1-11(2)13-10-18(16-15-13)12-6-8-17(9-7-12)14(3,4)5/h10-12H,6-9H2,1-5H3. The summed E-state index contributed by atoms with van der Waals surface area (Å²) in [4.78, 5) is 2.56. The van der Waals surface area contributed by atoms with Gasteiger partial charge in [0.05, 0.1) is 11.7 Å². The first-order valence-corrected chi connectivity index (χ1v) is 7.04. The lowest BCUT2D eigenvalue weighted by Gasteiger charge is -2.40. The van der Waals surface area contributed by atoms with Crippen molar-refractivity contribution in [1.82, 2.24) is 19.9 Å². The number of piperidine rings is 1. The van der Waals surface area contributed by atoms with Gasteiger partial charge in [-0.1, -0.05) is 19.1 Å². The van der Waals surface area contributed by atoms with Crippen molar-refractivity contribution in [2.45, 2.75) is 65.0 Å². The van der Waals surface area contributed by atoms with Gasteiger partial charge in [0.25, 0.3) is 0 Å². The Labute approximate surface area is 110 Å². The third-order valence-electron chi connectivity index (χ3n) is 3.91. The maximum Gasteiger partial charge on any atom is 0.0852 e. The smallest absolute Gasteiger partial charge is 0.0852 e. The molecule has 0 amide bonds. The second-order valence-corrected chi connectivity index (χ2v) is 6.67. The molecule has 0 spiro atoms. The van der Waals surface area contributed by atoms with Gasteiger partial charge in [0, 0.05) is 24.8 Å². The maximum atomic E-state index is 4.30. The van der Waals surface area contributed by atoms with E-state index >= 15 is 0 Å². The van der Waals surface area contributed by atoms with Crippen LogP contribution in [0.25, 0.3) is 0 Å². The number of hydrogen-bond acceptors (Lipinski definition) is 3. The molecule has 1 aliphatic rings. The van der Waals surface area contributed by atoms with Crippen molar-refractivity contribution in [2.75, 3.05) is 13.1 Å². The molecule has 0 unspecified atom stereocenters. The van der Waals surface area contributed by atoms with Crippen molar-refractivity contribution in [2.24, 2.45) is 0 Å². The van der Waals surface area contributed by atoms with Crippen LogP contribution in [0.15, 0.2) is 6.20 Å². The Hall–Kier alpha value is -0.900. The second-order valence-electron chi connectivity index (χ2n) is 6.67. The number of nitrogens with zero attached hydrogens (tertiary/aromatic N) is 4. The Bertz CT molecular complexity index is 381. The second kappa shape index (κ2) is 5.00. The molecule has 0 aromatic carbocycles. The molecule has 0 atom stereocenters. The lowest BCUT2D eigenvalue weighted by Crippen LogP contribution is -2.46. The van der Waals surface area contributed by atoms with Crippen LogP contribution >= 0.6 is 0 Å². The monoisotopic (exact) mass is 250 g/mol. The van der Waals surface area contributed by atoms with Gasteiger partial charge < -0.3 is 0 Å². The molecule has 102 valence electrons. The quantitative estimate of drug-likeness (QED) is 0.809. The minimum absolute atomic E-state index is 0.288. The topological polar surface area (TPSA) is 34.0 Å². The van der Waals surface area contributed by atoms with E-state index < -0.39 is 0 Å². The molecular formula is C14H26N4. The molecule has 2 heterocycles. The van der Waals surface area contributed by atoms with Gasteiger partial charge in [-0.2, -0.15) is 0 Å². The molecule has 2 rings (SSSR count). The zero-order valence-electron chi connectivity index (χ0n) is 12.3. The largest absolute Gasteiger partial charge is 0.298 e. The molecule has 0 saturated carbocycles. The highest BCUT2D eigenvalue weighted by molar-refractivity contribution is 4.99. The van der Waals surface area contributed by atoms with Gasteiger partial charge in [-0.15, -0.1) is 5.10 Å². The number of aromatic nitrogens is 3. The van der Waals surface area contributed by atoms with Gasteiger partial charge >= 0.3 is 0 Å². The molecule has 0 radical (unpaired) electrons. The van der Waals surface area contributed by atoms with Crippen molar-refractivity contribution in [3.8, 4) is 0 Å². The van der Waals surface area contributed by atoms with E-state index in [-0.39, 0.29) is 5.54 Å². The fourth-order valence-electron chi connectivity index (χ4n) is 2.53. The Morgan fingerprint density at radius 3 is 2.28 bits per heavy atom. The third kappa shape index (κ3) is 2.91. The summed E-state index contributed by atoms with van der Waals surface area (Å²) in [5, 5.41) is 8.55. The lowest BCUT2D eigenvalue weighted by atomic mass is 9.98. The Kier molecular flexibility index (Phi) is 3.76. The molecule has 0 aliphatic carbocycles. The Morgan fingerprint density at radius 2 is 1.83 bits per heavy atom. The van der Waals surface area contributed by atoms with Gasteiger partial charge in [0.1, 0.15) is 0 Å². The Morgan fingerprint density at radius 1 is 1.22 bits per heavy atom. The van der Waals surface area contributed by atoms with Crippen LogP contribution in [0.3, 0.4) is 0 Å². The van der Waals surface area contributed by atoms with Gasteiger partial charge in [0.15, 0.2) is 0 Å². The third-order valence-corrected chi connectivity index (χ3v) is 3.91. The van der Waals surface area contributed by atoms with E-state index in [1.165, 1.54) is 12.8 Å². The summed E-state index contributed by atoms with van der Waals surface area (Å²) < 4.78 is 2.08. The summed E-state index contributed by atoms with van der Waals surface area (Å²) in [5.74, 6) is 0.466. The minimum atomic E-state index is 0.288. The summed E-state index contributed by atoms with van der Waals surface area (Å²) in [6, 6.07) is 0.531. The minimum Gasteiger partial charge on any atom is -0.298 e. The van der Waals surface area contributed by atoms with E-state index in [4.69, 9.17) is 0 Å². The van der Waals surface area contributed by atoms with Crippen LogP contribution in [0.2, 0.25) is 0 Å². The molecule has 0 N–H and O–H groups in total. The zero-order chi connectivity index (χ0) is 13.3. The fourth-order valence-corrected chi connectivity index (χ4v) is 2.53. The van der Waals surface area contributed by atoms with Gasteiger partial charge in [-0.05, 0) is 39.5 Å². The first-order valence-electron chi connectivity index (χ1n) is 7.04. The Balaban J connectivity index is 1.97. The van der Waals surface area contributed by atoms with Crippen LogP contribution in [0, 0.1) is 0 Å². The first-order chi connectivity index (χ1) is 8.38. The van der Waals surface area contributed by atoms with Gasteiger partial charge in [0.2, 0.25) is 0 Å². The average Bonchev–Trinajstić information content (AvgIpc) is 2.77. The number of likely N-dealkylation sites (tertiary alicyclic amines) is 1. The van der Waals surface area contributed by atoms with E-state index in [0.717, 1.165) is 18.8 Å². The predicted octanol–water partition coefficient (Wildman–Crippen LogP) is 2.84. The summed E-state index contributed by atoms with van der Waals surface area (Å²) in [7, 11) is 0. The van der Waals surface area contributed by atoms with Crippen molar-refractivity contribution in [3.63, 3.8) is 0 Å². The normalized spacial score (nSPS) is 19.7. The van der Waals surface area contributed by atoms with Crippen LogP contribution in [-0.4, -0.2) is 38.5 Å². The van der Waals surface area contributed by atoms with Gasteiger partial charge in [-0.3, -0.25) is 4.90 Å². The highest BCUT2D eigenvalue weighted by atomic mass is 15.4. The van der Waals surface area contributed by atoms with Crippen molar-refractivity contribution < 1.29 is 0 Å². The van der Waals surface area contributed by atoms with Crippen LogP contribution < -0.4 is 0 Å². The van der Waals surface area contributed by atoms with E-state index in [1.807, 2.05) is 0 Å². The summed E-state index contributed by atoms with van der Waals surface area (Å²) in [6.07, 6.45) is 4.48. The molecule has 4 heteroatoms. The lowest BCUT2D eigenvalue weighted by molar-refractivity contribution is 0.0866. The van der Waals surface area contributed by atoms with Crippen LogP contribution in [0.5, 0.6) is 0 Å². The molecule has 1 fully saturated rings. The number of hydrogen-bond donors (Lipinski definition) is 0. The van der Waals surface area contributed by atoms with Crippen molar-refractivity contribution >= 4 is 0 Å². The average molecular weight is 250 g/mol. The van der Waals surface area contributed by atoms with Crippen LogP contribution in [0.4, 0.5) is 0 Å². The number of rotatable bonds is 2. The summed E-state index contributed by atoms with van der Waals surface area (Å²) in [6.45, 7) is 13.5. The van der Waals surface area contributed by atoms with Gasteiger partial charge in [-0.25, -0.2) is 4.68 Å². The molecule has 0 bridgehead atoms. The SMILES string of the molecule is CC(C)c1cn(C2CCN(C(C)(C)C)CC2)nn1. The summed E-state index contributed by atoms with van der Waals surface area (Å²) in [5.41, 5.74) is 1.39. The van der Waals surface area contributed by atoms with Crippen LogP contribution in [-0.2, 0) is 0 Å². The first kappa shape index (κ1) is 13.5. The molecule has 1 aromatic rings. The van der Waals surface area contributed by atoms with Crippen molar-refractivity contribution in [3.05, 3.63) is 11.9 Å². The molecule has 1 aromatic heterocycles. The van der Waals surface area contributed by atoms with Crippen molar-refractivity contribution in [1.29, 1.82) is 0 Å².